The van der Waals surface area contributed by atoms with E-state index in [0.717, 1.165) is 17.7 Å². The molecule has 1 N–H and O–H groups in total. The molecule has 1 atom stereocenters. The largest absolute Gasteiger partial charge is 0.456 e. The summed E-state index contributed by atoms with van der Waals surface area (Å²) in [6.45, 7) is 1.84. The Morgan fingerprint density at radius 2 is 1.89 bits per heavy atom. The summed E-state index contributed by atoms with van der Waals surface area (Å²) in [5, 5.41) is 2.82. The first-order valence-corrected chi connectivity index (χ1v) is 8.63. The van der Waals surface area contributed by atoms with Gasteiger partial charge in [-0.25, -0.2) is 8.78 Å². The Hall–Kier alpha value is -3.54. The SMILES string of the molecule is C[C@H](NC(=O)C=Cc1ccc(F)c(F)c1)c1cccc(Oc2cccnc2)c1. The van der Waals surface area contributed by atoms with E-state index in [-0.39, 0.29) is 11.9 Å². The number of ether oxygens (including phenoxy) is 1. The van der Waals surface area contributed by atoms with E-state index >= 15 is 0 Å². The van der Waals surface area contributed by atoms with E-state index in [2.05, 4.69) is 10.3 Å². The molecule has 0 aliphatic carbocycles. The van der Waals surface area contributed by atoms with Gasteiger partial charge in [0, 0.05) is 12.3 Å². The maximum atomic E-state index is 13.2. The van der Waals surface area contributed by atoms with Gasteiger partial charge in [0.2, 0.25) is 5.91 Å². The van der Waals surface area contributed by atoms with Gasteiger partial charge in [-0.15, -0.1) is 0 Å². The summed E-state index contributed by atoms with van der Waals surface area (Å²) in [5.74, 6) is -0.990. The fraction of sp³-hybridized carbons (Fsp3) is 0.0909. The molecule has 0 saturated carbocycles. The van der Waals surface area contributed by atoms with Crippen molar-refractivity contribution in [3.63, 3.8) is 0 Å². The van der Waals surface area contributed by atoms with Gasteiger partial charge in [0.1, 0.15) is 11.5 Å². The first kappa shape index (κ1) is 19.2. The zero-order valence-corrected chi connectivity index (χ0v) is 15.1. The number of nitrogens with one attached hydrogen (secondary N) is 1. The molecule has 1 aromatic heterocycles. The lowest BCUT2D eigenvalue weighted by atomic mass is 10.1. The molecule has 28 heavy (non-hydrogen) atoms. The normalized spacial score (nSPS) is 12.0. The van der Waals surface area contributed by atoms with Gasteiger partial charge in [-0.1, -0.05) is 18.2 Å². The molecule has 3 rings (SSSR count). The highest BCUT2D eigenvalue weighted by Gasteiger charge is 2.09. The van der Waals surface area contributed by atoms with Gasteiger partial charge in [-0.05, 0) is 60.5 Å². The van der Waals surface area contributed by atoms with Gasteiger partial charge in [-0.2, -0.15) is 0 Å². The van der Waals surface area contributed by atoms with E-state index in [1.807, 2.05) is 31.2 Å². The Bertz CT molecular complexity index is 991. The van der Waals surface area contributed by atoms with E-state index < -0.39 is 11.6 Å². The third kappa shape index (κ3) is 5.23. The molecule has 0 saturated heterocycles. The number of nitrogens with zero attached hydrogens (tertiary/aromatic N) is 1. The van der Waals surface area contributed by atoms with Crippen LogP contribution in [0.4, 0.5) is 8.78 Å². The summed E-state index contributed by atoms with van der Waals surface area (Å²) < 4.78 is 31.9. The summed E-state index contributed by atoms with van der Waals surface area (Å²) in [4.78, 5) is 16.1. The number of benzene rings is 2. The highest BCUT2D eigenvalue weighted by molar-refractivity contribution is 5.91. The lowest BCUT2D eigenvalue weighted by Crippen LogP contribution is -2.24. The Morgan fingerprint density at radius 3 is 2.64 bits per heavy atom. The number of hydrogen-bond donors (Lipinski definition) is 1. The quantitative estimate of drug-likeness (QED) is 0.610. The van der Waals surface area contributed by atoms with E-state index in [0.29, 0.717) is 17.1 Å². The molecule has 0 bridgehead atoms. The van der Waals surface area contributed by atoms with Gasteiger partial charge in [-0.3, -0.25) is 9.78 Å². The molecular weight excluding hydrogens is 362 g/mol. The molecule has 0 radical (unpaired) electrons. The van der Waals surface area contributed by atoms with E-state index in [1.54, 1.807) is 24.5 Å². The number of carbonyl (C=O) groups excluding carboxylic acids is 1. The van der Waals surface area contributed by atoms with Gasteiger partial charge < -0.3 is 10.1 Å². The molecule has 6 heteroatoms. The predicted octanol–water partition coefficient (Wildman–Crippen LogP) is 5.04. The van der Waals surface area contributed by atoms with Crippen LogP contribution < -0.4 is 10.1 Å². The first-order chi connectivity index (χ1) is 13.5. The average Bonchev–Trinajstić information content (AvgIpc) is 2.70. The summed E-state index contributed by atoms with van der Waals surface area (Å²) in [5.41, 5.74) is 1.25. The molecule has 0 spiro atoms. The van der Waals surface area contributed by atoms with Crippen LogP contribution in [0.3, 0.4) is 0 Å². The van der Waals surface area contributed by atoms with Crippen molar-refractivity contribution in [1.82, 2.24) is 10.3 Å². The number of rotatable bonds is 6. The van der Waals surface area contributed by atoms with Crippen LogP contribution in [0.15, 0.2) is 73.1 Å². The summed E-state index contributed by atoms with van der Waals surface area (Å²) in [7, 11) is 0. The standard InChI is InChI=1S/C22H18F2N2O2/c1-15(26-22(27)10-8-16-7-9-20(23)21(24)12-16)17-4-2-5-18(13-17)28-19-6-3-11-25-14-19/h2-15H,1H3,(H,26,27)/t15-/m0/s1. The summed E-state index contributed by atoms with van der Waals surface area (Å²) >= 11 is 0. The van der Waals surface area contributed by atoms with Crippen molar-refractivity contribution >= 4 is 12.0 Å². The molecule has 4 nitrogen and oxygen atoms in total. The molecule has 3 aromatic rings. The van der Waals surface area contributed by atoms with Crippen LogP contribution in [0.2, 0.25) is 0 Å². The molecule has 0 unspecified atom stereocenters. The predicted molar refractivity (Wildman–Crippen MR) is 103 cm³/mol. The monoisotopic (exact) mass is 380 g/mol. The second kappa shape index (κ2) is 8.90. The Labute approximate surface area is 161 Å². The highest BCUT2D eigenvalue weighted by atomic mass is 19.2. The minimum absolute atomic E-state index is 0.278. The molecular formula is C22H18F2N2O2. The molecule has 0 fully saturated rings. The van der Waals surface area contributed by atoms with Crippen molar-refractivity contribution in [2.75, 3.05) is 0 Å². The number of aromatic nitrogens is 1. The van der Waals surface area contributed by atoms with Crippen LogP contribution in [0.25, 0.3) is 6.08 Å². The minimum atomic E-state index is -0.957. The molecule has 1 heterocycles. The second-order valence-corrected chi connectivity index (χ2v) is 6.10. The zero-order chi connectivity index (χ0) is 19.9. The van der Waals surface area contributed by atoms with E-state index in [4.69, 9.17) is 4.74 Å². The fourth-order valence-corrected chi connectivity index (χ4v) is 2.52. The number of amides is 1. The lowest BCUT2D eigenvalue weighted by Gasteiger charge is -2.14. The van der Waals surface area contributed by atoms with Crippen LogP contribution >= 0.6 is 0 Å². The van der Waals surface area contributed by atoms with Gasteiger partial charge >= 0.3 is 0 Å². The van der Waals surface area contributed by atoms with Crippen LogP contribution in [0, 0.1) is 11.6 Å². The van der Waals surface area contributed by atoms with Crippen molar-refractivity contribution in [1.29, 1.82) is 0 Å². The number of hydrogen-bond acceptors (Lipinski definition) is 3. The topological polar surface area (TPSA) is 51.2 Å². The van der Waals surface area contributed by atoms with Crippen LogP contribution in [-0.4, -0.2) is 10.9 Å². The van der Waals surface area contributed by atoms with Gasteiger partial charge in [0.05, 0.1) is 12.2 Å². The minimum Gasteiger partial charge on any atom is -0.456 e. The van der Waals surface area contributed by atoms with Crippen LogP contribution in [-0.2, 0) is 4.79 Å². The summed E-state index contributed by atoms with van der Waals surface area (Å²) in [6.07, 6.45) is 5.97. The number of carbonyl (C=O) groups is 1. The average molecular weight is 380 g/mol. The van der Waals surface area contributed by atoms with Gasteiger partial charge in [0.25, 0.3) is 0 Å². The second-order valence-electron chi connectivity index (χ2n) is 6.10. The maximum Gasteiger partial charge on any atom is 0.244 e. The third-order valence-corrected chi connectivity index (χ3v) is 3.96. The Balaban J connectivity index is 1.62. The maximum absolute atomic E-state index is 13.2. The summed E-state index contributed by atoms with van der Waals surface area (Å²) in [6, 6.07) is 14.1. The number of pyridine rings is 1. The smallest absolute Gasteiger partial charge is 0.244 e. The van der Waals surface area contributed by atoms with Gasteiger partial charge in [0.15, 0.2) is 11.6 Å². The van der Waals surface area contributed by atoms with Crippen LogP contribution in [0.5, 0.6) is 11.5 Å². The Kier molecular flexibility index (Phi) is 6.11. The molecule has 0 aliphatic rings. The van der Waals surface area contributed by atoms with Crippen LogP contribution in [0.1, 0.15) is 24.1 Å². The van der Waals surface area contributed by atoms with E-state index in [9.17, 15) is 13.6 Å². The fourth-order valence-electron chi connectivity index (χ4n) is 2.52. The highest BCUT2D eigenvalue weighted by Crippen LogP contribution is 2.24. The van der Waals surface area contributed by atoms with Crippen molar-refractivity contribution in [2.24, 2.45) is 0 Å². The zero-order valence-electron chi connectivity index (χ0n) is 15.1. The van der Waals surface area contributed by atoms with Crippen molar-refractivity contribution in [3.05, 3.63) is 95.8 Å². The first-order valence-electron chi connectivity index (χ1n) is 8.63. The molecule has 0 aliphatic heterocycles. The Morgan fingerprint density at radius 1 is 1.07 bits per heavy atom. The van der Waals surface area contributed by atoms with E-state index in [1.165, 1.54) is 18.2 Å². The number of halogens is 2. The third-order valence-electron chi connectivity index (χ3n) is 3.96. The van der Waals surface area contributed by atoms with Crippen molar-refractivity contribution in [3.8, 4) is 11.5 Å². The molecule has 142 valence electrons. The van der Waals surface area contributed by atoms with Crippen molar-refractivity contribution in [2.45, 2.75) is 13.0 Å². The molecule has 1 amide bonds. The lowest BCUT2D eigenvalue weighted by molar-refractivity contribution is -0.117. The van der Waals surface area contributed by atoms with Crippen molar-refractivity contribution < 1.29 is 18.3 Å². The molecule has 2 aromatic carbocycles.